The minimum Gasteiger partial charge on any atom is -0.443 e. The van der Waals surface area contributed by atoms with Crippen LogP contribution in [0.25, 0.3) is 0 Å². The zero-order chi connectivity index (χ0) is 23.8. The van der Waals surface area contributed by atoms with Crippen molar-refractivity contribution in [3.05, 3.63) is 69.8 Å². The summed E-state index contributed by atoms with van der Waals surface area (Å²) in [6, 6.07) is 11.0. The summed E-state index contributed by atoms with van der Waals surface area (Å²) >= 11 is 0. The lowest BCUT2D eigenvalue weighted by molar-refractivity contribution is 0.0483. The molecule has 0 aliphatic rings. The quantitative estimate of drug-likeness (QED) is 0.332. The summed E-state index contributed by atoms with van der Waals surface area (Å²) in [6.07, 6.45) is -0.689. The largest absolute Gasteiger partial charge is 0.443 e. The number of aryl methyl sites for hydroxylation is 2. The van der Waals surface area contributed by atoms with Crippen molar-refractivity contribution in [1.29, 1.82) is 0 Å². The van der Waals surface area contributed by atoms with E-state index in [0.29, 0.717) is 11.1 Å². The van der Waals surface area contributed by atoms with E-state index < -0.39 is 11.7 Å². The van der Waals surface area contributed by atoms with Crippen LogP contribution in [0.1, 0.15) is 63.7 Å². The molecule has 31 heavy (non-hydrogen) atoms. The van der Waals surface area contributed by atoms with Crippen molar-refractivity contribution < 1.29 is 19.1 Å². The second-order valence-electron chi connectivity index (χ2n) is 8.05. The van der Waals surface area contributed by atoms with Crippen molar-refractivity contribution in [2.45, 2.75) is 54.1 Å². The highest BCUT2D eigenvalue weighted by molar-refractivity contribution is 5.96. The zero-order valence-corrected chi connectivity index (χ0v) is 19.2. The molecule has 5 N–H and O–H groups in total. The van der Waals surface area contributed by atoms with Crippen molar-refractivity contribution >= 4 is 17.9 Å². The van der Waals surface area contributed by atoms with Gasteiger partial charge in [-0.25, -0.2) is 16.1 Å². The molecule has 0 fully saturated rings. The molecular formula is C23H32N4O4. The number of nitrogens with one attached hydrogen (secondary N) is 3. The number of nitrogens with two attached hydrogens (primary N) is 1. The lowest BCUT2D eigenvalue weighted by atomic mass is 10.0. The van der Waals surface area contributed by atoms with E-state index in [0.717, 1.165) is 22.3 Å². The number of nitrogen functional groups attached to an aromatic ring is 1. The SMILES string of the molecule is Cc1cccc(C(=O)NN)c1C.Cc1cccc(C(=O)NNC(=O)OC(C)(C)C)c1C. The fourth-order valence-corrected chi connectivity index (χ4v) is 2.55. The first-order valence-corrected chi connectivity index (χ1v) is 9.80. The third-order valence-corrected chi connectivity index (χ3v) is 4.51. The fraction of sp³-hybridized carbons (Fsp3) is 0.348. The summed E-state index contributed by atoms with van der Waals surface area (Å²) in [4.78, 5) is 34.5. The van der Waals surface area contributed by atoms with Gasteiger partial charge in [-0.05, 0) is 82.9 Å². The van der Waals surface area contributed by atoms with Gasteiger partial charge in [0.15, 0.2) is 0 Å². The maximum Gasteiger partial charge on any atom is 0.426 e. The normalized spacial score (nSPS) is 10.3. The Labute approximate surface area is 183 Å². The maximum atomic E-state index is 11.9. The monoisotopic (exact) mass is 428 g/mol. The first-order chi connectivity index (χ1) is 14.4. The van der Waals surface area contributed by atoms with Gasteiger partial charge in [-0.2, -0.15) is 0 Å². The van der Waals surface area contributed by atoms with Gasteiger partial charge in [0.2, 0.25) is 0 Å². The summed E-state index contributed by atoms with van der Waals surface area (Å²) in [5, 5.41) is 0. The van der Waals surface area contributed by atoms with E-state index in [1.807, 2.05) is 45.9 Å². The van der Waals surface area contributed by atoms with E-state index in [2.05, 4.69) is 16.3 Å². The Hall–Kier alpha value is -3.39. The first kappa shape index (κ1) is 25.6. The third-order valence-electron chi connectivity index (χ3n) is 4.51. The zero-order valence-electron chi connectivity index (χ0n) is 19.2. The van der Waals surface area contributed by atoms with Crippen LogP contribution in [-0.4, -0.2) is 23.5 Å². The number of benzene rings is 2. The number of hydrazine groups is 2. The molecule has 0 unspecified atom stereocenters. The summed E-state index contributed by atoms with van der Waals surface area (Å²) in [5.41, 5.74) is 11.2. The number of hydrogen-bond donors (Lipinski definition) is 4. The van der Waals surface area contributed by atoms with E-state index in [1.165, 1.54) is 0 Å². The second kappa shape index (κ2) is 11.1. The minimum atomic E-state index is -0.689. The van der Waals surface area contributed by atoms with E-state index in [1.54, 1.807) is 39.0 Å². The predicted octanol–water partition coefficient (Wildman–Crippen LogP) is 3.38. The van der Waals surface area contributed by atoms with Gasteiger partial charge in [0.1, 0.15) is 5.60 Å². The second-order valence-corrected chi connectivity index (χ2v) is 8.05. The number of amides is 3. The molecule has 8 nitrogen and oxygen atoms in total. The van der Waals surface area contributed by atoms with Crippen LogP contribution in [-0.2, 0) is 4.74 Å². The molecule has 0 heterocycles. The number of ether oxygens (including phenoxy) is 1. The van der Waals surface area contributed by atoms with Crippen LogP contribution >= 0.6 is 0 Å². The van der Waals surface area contributed by atoms with Gasteiger partial charge >= 0.3 is 6.09 Å². The van der Waals surface area contributed by atoms with Gasteiger partial charge in [0.25, 0.3) is 11.8 Å². The van der Waals surface area contributed by atoms with Crippen LogP contribution in [0.3, 0.4) is 0 Å². The summed E-state index contributed by atoms with van der Waals surface area (Å²) in [5.74, 6) is 4.42. The molecule has 0 bridgehead atoms. The molecule has 2 aromatic rings. The summed E-state index contributed by atoms with van der Waals surface area (Å²) in [6.45, 7) is 12.9. The van der Waals surface area contributed by atoms with Crippen LogP contribution in [0, 0.1) is 27.7 Å². The average molecular weight is 429 g/mol. The Morgan fingerprint density at radius 3 is 1.65 bits per heavy atom. The van der Waals surface area contributed by atoms with Crippen molar-refractivity contribution in [3.63, 3.8) is 0 Å². The van der Waals surface area contributed by atoms with E-state index in [-0.39, 0.29) is 11.8 Å². The van der Waals surface area contributed by atoms with Gasteiger partial charge in [-0.3, -0.25) is 20.4 Å². The molecule has 0 aliphatic heterocycles. The molecule has 168 valence electrons. The number of carbonyl (C=O) groups excluding carboxylic acids is 3. The average Bonchev–Trinajstić information content (AvgIpc) is 2.69. The number of carbonyl (C=O) groups is 3. The van der Waals surface area contributed by atoms with Gasteiger partial charge < -0.3 is 4.74 Å². The summed E-state index contributed by atoms with van der Waals surface area (Å²) < 4.78 is 5.01. The fourth-order valence-electron chi connectivity index (χ4n) is 2.55. The molecule has 0 aromatic heterocycles. The van der Waals surface area contributed by atoms with Crippen LogP contribution in [0.2, 0.25) is 0 Å². The highest BCUT2D eigenvalue weighted by atomic mass is 16.6. The molecular weight excluding hydrogens is 396 g/mol. The summed E-state index contributed by atoms with van der Waals surface area (Å²) in [7, 11) is 0. The molecule has 0 radical (unpaired) electrons. The van der Waals surface area contributed by atoms with Crippen molar-refractivity contribution in [1.82, 2.24) is 16.3 Å². The molecule has 0 aliphatic carbocycles. The Morgan fingerprint density at radius 1 is 0.774 bits per heavy atom. The molecule has 0 spiro atoms. The molecule has 2 aromatic carbocycles. The van der Waals surface area contributed by atoms with E-state index in [9.17, 15) is 14.4 Å². The van der Waals surface area contributed by atoms with Crippen molar-refractivity contribution in [2.24, 2.45) is 5.84 Å². The lowest BCUT2D eigenvalue weighted by Crippen LogP contribution is -2.44. The van der Waals surface area contributed by atoms with Crippen LogP contribution in [0.4, 0.5) is 4.79 Å². The third kappa shape index (κ3) is 8.10. The van der Waals surface area contributed by atoms with Crippen LogP contribution < -0.4 is 22.1 Å². The molecule has 0 saturated heterocycles. The Morgan fingerprint density at radius 2 is 1.23 bits per heavy atom. The molecule has 8 heteroatoms. The maximum absolute atomic E-state index is 11.9. The van der Waals surface area contributed by atoms with Gasteiger partial charge in [-0.15, -0.1) is 0 Å². The van der Waals surface area contributed by atoms with Crippen molar-refractivity contribution in [2.75, 3.05) is 0 Å². The molecule has 2 rings (SSSR count). The molecule has 0 atom stereocenters. The first-order valence-electron chi connectivity index (χ1n) is 9.80. The Bertz CT molecular complexity index is 949. The lowest BCUT2D eigenvalue weighted by Gasteiger charge is -2.20. The van der Waals surface area contributed by atoms with Gasteiger partial charge in [0.05, 0.1) is 0 Å². The topological polar surface area (TPSA) is 123 Å². The Kier molecular flexibility index (Phi) is 9.20. The van der Waals surface area contributed by atoms with E-state index >= 15 is 0 Å². The number of hydrogen-bond acceptors (Lipinski definition) is 5. The van der Waals surface area contributed by atoms with Crippen LogP contribution in [0.15, 0.2) is 36.4 Å². The Balaban J connectivity index is 0.000000343. The molecule has 0 saturated carbocycles. The van der Waals surface area contributed by atoms with Crippen LogP contribution in [0.5, 0.6) is 0 Å². The van der Waals surface area contributed by atoms with Crippen molar-refractivity contribution in [3.8, 4) is 0 Å². The number of rotatable bonds is 2. The smallest absolute Gasteiger partial charge is 0.426 e. The standard InChI is InChI=1S/C14H20N2O3.C9H12N2O/c1-9-7-6-8-11(10(9)2)12(17)15-16-13(18)19-14(3,4)5;1-6-4-3-5-8(7(6)2)9(12)11-10/h6-8H,1-5H3,(H,15,17)(H,16,18);3-5H,10H2,1-2H3,(H,11,12). The van der Waals surface area contributed by atoms with Gasteiger partial charge in [0, 0.05) is 11.1 Å². The molecule has 3 amide bonds. The minimum absolute atomic E-state index is 0.240. The predicted molar refractivity (Wildman–Crippen MR) is 120 cm³/mol. The van der Waals surface area contributed by atoms with E-state index in [4.69, 9.17) is 10.6 Å². The highest BCUT2D eigenvalue weighted by Gasteiger charge is 2.17. The highest BCUT2D eigenvalue weighted by Crippen LogP contribution is 2.13. The van der Waals surface area contributed by atoms with Gasteiger partial charge in [-0.1, -0.05) is 24.3 Å².